The molecule has 632 valence electrons. The highest BCUT2D eigenvalue weighted by Crippen LogP contribution is 2.30. The number of methoxy groups -OCH3 is 1. The Hall–Kier alpha value is -13.5. The molecule has 9 atom stereocenters. The minimum absolute atomic E-state index is 0.00233. The van der Waals surface area contributed by atoms with Crippen molar-refractivity contribution in [1.82, 2.24) is 68.7 Å². The Bertz CT molecular complexity index is 4240. The van der Waals surface area contributed by atoms with E-state index >= 15 is 0 Å². The topological polar surface area (TPSA) is 695 Å². The second kappa shape index (κ2) is 47.1. The largest absolute Gasteiger partial charge is 0.497 e. The molecular weight excluding hydrogens is 1520 g/mol. The number of likely N-dealkylation sites (tertiary alicyclic amines) is 1. The molecule has 4 aromatic rings. The minimum atomic E-state index is -1.89. The van der Waals surface area contributed by atoms with E-state index in [9.17, 15) is 87.7 Å². The lowest BCUT2D eigenvalue weighted by Gasteiger charge is -2.30. The Balaban J connectivity index is 1.39. The predicted octanol–water partition coefficient (Wildman–Crippen LogP) is -2.29. The molecule has 44 nitrogen and oxygen atoms in total. The van der Waals surface area contributed by atoms with Gasteiger partial charge in [0.15, 0.2) is 17.9 Å². The Kier molecular flexibility index (Phi) is 37.8. The molecule has 2 heterocycles. The van der Waals surface area contributed by atoms with Gasteiger partial charge in [-0.05, 0) is 132 Å². The molecule has 0 spiro atoms. The van der Waals surface area contributed by atoms with Crippen molar-refractivity contribution in [3.05, 3.63) is 109 Å². The number of non-ortho nitro benzene ring substituents is 1. The first-order valence-electron chi connectivity index (χ1n) is 37.2. The number of carboxylic acids is 1. The summed E-state index contributed by atoms with van der Waals surface area (Å²) >= 11 is 0. The van der Waals surface area contributed by atoms with E-state index in [1.54, 1.807) is 56.3 Å². The van der Waals surface area contributed by atoms with Crippen molar-refractivity contribution < 1.29 is 86.4 Å². The SMILES string of the molecule is COc1ccc2c(CC(=O)N[C@H](CCCNC(=N)N)C(=O)N3CCC[C@H]3C(=O)N[C@@H](CC(C)C)C(=O)NCC(=O)N[C@@H](CCCCOc3ccccc3)C(=O)N[C@@H](CNc3ccc([N+](=O)[O-])cc3[N+](=O)[O-])C(=O)N[C@@H](C)C(=O)N[C@H](CCCNC(=N)N)C(=O)N[C@H](CCC(=O)O)C(=O)N[C@H](CCCNC(=N)N)C(N)=O)cc(=O)oc2c1. The van der Waals surface area contributed by atoms with Gasteiger partial charge < -0.3 is 116 Å². The molecule has 0 unspecified atom stereocenters. The standard InChI is InChI=1S/C72H103N23O21/c1-39(2)32-52(91-68(108)54-20-13-30-93(54)69(109)51(19-12-29-82-72(78)79)87-57(96)33-41-34-60(100)116-56-36-44(114-4)22-23-45(41)56)63(103)84-38-58(97)86-48(16-8-9-31-115-43-14-6-5-7-15-43)64(104)92-53(37-83-46-24-21-42(94(110)111)35-55(46)95(112)113)67(107)85-40(3)62(102)89-49(18-11-28-81-71(76)77)65(105)90-50(25-26-59(98)99)66(106)88-47(61(73)101)17-10-27-80-70(74)75/h5-7,14-15,21-24,34-36,39-40,47-54,83H,8-13,16-20,25-33,37-38H2,1-4H3,(H2,73,101)(H,84,103)(H,85,107)(H,86,97)(H,87,96)(H,88,106)(H,89,102)(H,90,105)(H,91,108)(H,92,104)(H,98,99)(H4,74,75,80)(H4,76,77,81)(H4,78,79,82)/t40-,47+,48-,49+,50+,51+,52-,53-,54-/m0/s1. The minimum Gasteiger partial charge on any atom is -0.497 e. The molecule has 1 saturated heterocycles. The predicted molar refractivity (Wildman–Crippen MR) is 419 cm³/mol. The van der Waals surface area contributed by atoms with Gasteiger partial charge in [0.1, 0.15) is 77.1 Å². The maximum atomic E-state index is 14.8. The van der Waals surface area contributed by atoms with Crippen LogP contribution in [0.1, 0.15) is 116 Å². The number of unbranched alkanes of at least 4 members (excludes halogenated alkanes) is 1. The van der Waals surface area contributed by atoms with E-state index in [1.807, 2.05) is 0 Å². The van der Waals surface area contributed by atoms with Gasteiger partial charge in [0.2, 0.25) is 65.0 Å². The molecule has 1 aliphatic rings. The molecule has 44 heteroatoms. The summed E-state index contributed by atoms with van der Waals surface area (Å²) in [5.74, 6) is -12.4. The normalized spacial score (nSPS) is 14.3. The first kappa shape index (κ1) is 93.1. The van der Waals surface area contributed by atoms with Gasteiger partial charge in [-0.25, -0.2) is 4.79 Å². The van der Waals surface area contributed by atoms with Crippen LogP contribution >= 0.6 is 0 Å². The summed E-state index contributed by atoms with van der Waals surface area (Å²) in [4.78, 5) is 203. The van der Waals surface area contributed by atoms with Crippen molar-refractivity contribution in [2.75, 3.05) is 58.3 Å². The highest BCUT2D eigenvalue weighted by molar-refractivity contribution is 5.99. The third kappa shape index (κ3) is 32.0. The molecule has 1 aromatic heterocycles. The lowest BCUT2D eigenvalue weighted by Crippen LogP contribution is -2.60. The van der Waals surface area contributed by atoms with Crippen LogP contribution in [-0.4, -0.2) is 216 Å². The maximum Gasteiger partial charge on any atom is 0.336 e. The number of guanidine groups is 3. The van der Waals surface area contributed by atoms with Gasteiger partial charge in [0.25, 0.3) is 11.4 Å². The van der Waals surface area contributed by atoms with Gasteiger partial charge in [0.05, 0.1) is 42.6 Å². The number of ether oxygens (including phenoxy) is 2. The maximum absolute atomic E-state index is 14.8. The first-order valence-corrected chi connectivity index (χ1v) is 37.2. The van der Waals surface area contributed by atoms with Crippen LogP contribution in [0.5, 0.6) is 11.5 Å². The number of amides is 11. The number of nitro benzene ring substituents is 2. The third-order valence-corrected chi connectivity index (χ3v) is 18.0. The molecule has 5 rings (SSSR count). The second-order valence-electron chi connectivity index (χ2n) is 27.5. The summed E-state index contributed by atoms with van der Waals surface area (Å²) in [5, 5.41) is 89.5. The number of anilines is 1. The Morgan fingerprint density at radius 3 is 1.74 bits per heavy atom. The molecule has 1 aliphatic heterocycles. The van der Waals surface area contributed by atoms with Crippen LogP contribution in [0.4, 0.5) is 17.1 Å². The number of carboxylic acid groups (broad SMARTS) is 1. The summed E-state index contributed by atoms with van der Waals surface area (Å²) in [6.45, 7) is 3.35. The lowest BCUT2D eigenvalue weighted by molar-refractivity contribution is -0.393. The number of fused-ring (bicyclic) bond motifs is 1. The van der Waals surface area contributed by atoms with Gasteiger partial charge in [-0.2, -0.15) is 0 Å². The van der Waals surface area contributed by atoms with Crippen LogP contribution in [0, 0.1) is 42.4 Å². The van der Waals surface area contributed by atoms with Crippen molar-refractivity contribution >= 4 is 117 Å². The molecular formula is C72H103N23O21. The molecule has 0 saturated carbocycles. The highest BCUT2D eigenvalue weighted by atomic mass is 16.6. The number of para-hydroxylation sites is 1. The molecule has 116 heavy (non-hydrogen) atoms. The van der Waals surface area contributed by atoms with Crippen LogP contribution in [0.2, 0.25) is 0 Å². The molecule has 0 radical (unpaired) electrons. The van der Waals surface area contributed by atoms with E-state index in [1.165, 1.54) is 18.1 Å². The van der Waals surface area contributed by atoms with Crippen molar-refractivity contribution in [3.8, 4) is 11.5 Å². The van der Waals surface area contributed by atoms with Crippen LogP contribution in [0.15, 0.2) is 82.0 Å². The summed E-state index contributed by atoms with van der Waals surface area (Å²) in [5.41, 5.74) is 19.6. The average Bonchev–Trinajstić information content (AvgIpc) is 1.06. The molecule has 0 aliphatic carbocycles. The zero-order valence-electron chi connectivity index (χ0n) is 64.5. The van der Waals surface area contributed by atoms with Gasteiger partial charge in [-0.1, -0.05) is 32.0 Å². The fraction of sp³-hybridized carbons (Fsp3) is 0.500. The number of rotatable bonds is 50. The Morgan fingerprint density at radius 2 is 1.16 bits per heavy atom. The first-order chi connectivity index (χ1) is 55.0. The van der Waals surface area contributed by atoms with Gasteiger partial charge in [0, 0.05) is 62.7 Å². The number of nitrogens with one attached hydrogen (secondary N) is 16. The van der Waals surface area contributed by atoms with Gasteiger partial charge >= 0.3 is 11.6 Å². The lowest BCUT2D eigenvalue weighted by atomic mass is 10.0. The van der Waals surface area contributed by atoms with E-state index in [0.717, 1.165) is 25.1 Å². The number of carbonyl (C=O) groups excluding carboxylic acids is 11. The van der Waals surface area contributed by atoms with E-state index in [-0.39, 0.29) is 139 Å². The molecule has 3 aromatic carbocycles. The number of aliphatic carboxylic acids is 1. The molecule has 0 bridgehead atoms. The number of nitro groups is 2. The Labute approximate surface area is 664 Å². The zero-order chi connectivity index (χ0) is 85.7. The smallest absolute Gasteiger partial charge is 0.336 e. The molecule has 1 fully saturated rings. The number of hydrogen-bond donors (Lipinski definition) is 21. The summed E-state index contributed by atoms with van der Waals surface area (Å²) in [6.07, 6.45) is -0.988. The van der Waals surface area contributed by atoms with Crippen molar-refractivity contribution in [2.24, 2.45) is 28.9 Å². The van der Waals surface area contributed by atoms with E-state index < -0.39 is 190 Å². The second-order valence-corrected chi connectivity index (χ2v) is 27.5. The fourth-order valence-electron chi connectivity index (χ4n) is 12.1. The zero-order valence-corrected chi connectivity index (χ0v) is 64.5. The van der Waals surface area contributed by atoms with E-state index in [2.05, 4.69) is 69.1 Å². The van der Waals surface area contributed by atoms with Crippen LogP contribution in [0.25, 0.3) is 11.0 Å². The number of benzene rings is 3. The highest BCUT2D eigenvalue weighted by Gasteiger charge is 2.40. The monoisotopic (exact) mass is 1630 g/mol. The van der Waals surface area contributed by atoms with Gasteiger partial charge in [-0.15, -0.1) is 0 Å². The Morgan fingerprint density at radius 1 is 0.595 bits per heavy atom. The quantitative estimate of drug-likeness (QED) is 0.00553. The van der Waals surface area contributed by atoms with Gasteiger partial charge in [-0.3, -0.25) is 94.0 Å². The summed E-state index contributed by atoms with van der Waals surface area (Å²) in [7, 11) is 1.42. The molecule has 11 amide bonds. The average molecular weight is 1630 g/mol. The van der Waals surface area contributed by atoms with Crippen molar-refractivity contribution in [2.45, 2.75) is 171 Å². The third-order valence-electron chi connectivity index (χ3n) is 18.0. The van der Waals surface area contributed by atoms with Crippen LogP contribution in [0.3, 0.4) is 0 Å². The number of primary amides is 1. The fourth-order valence-corrected chi connectivity index (χ4v) is 12.1. The van der Waals surface area contributed by atoms with E-state index in [0.29, 0.717) is 29.4 Å². The van der Waals surface area contributed by atoms with Crippen molar-refractivity contribution in [3.63, 3.8) is 0 Å². The number of hydrogen-bond acceptors (Lipinski definition) is 24. The number of carbonyl (C=O) groups is 12. The number of nitrogens with two attached hydrogens (primary N) is 4. The van der Waals surface area contributed by atoms with Crippen molar-refractivity contribution in [1.29, 1.82) is 16.2 Å². The van der Waals surface area contributed by atoms with E-state index in [4.69, 9.17) is 53.1 Å². The van der Waals surface area contributed by atoms with Crippen LogP contribution < -0.4 is 107 Å². The molecule has 25 N–H and O–H groups in total. The summed E-state index contributed by atoms with van der Waals surface area (Å²) < 4.78 is 16.4. The van der Waals surface area contributed by atoms with Crippen LogP contribution in [-0.2, 0) is 64.0 Å². The number of nitrogens with zero attached hydrogens (tertiary/aromatic N) is 3. The summed E-state index contributed by atoms with van der Waals surface area (Å²) in [6, 6.07) is 3.42.